The summed E-state index contributed by atoms with van der Waals surface area (Å²) in [7, 11) is -4.88. The summed E-state index contributed by atoms with van der Waals surface area (Å²) in [5.74, 6) is -0.302. The fourth-order valence-electron chi connectivity index (χ4n) is 5.35. The van der Waals surface area contributed by atoms with Crippen LogP contribution < -0.4 is 11.5 Å². The number of phosphoric acid groups is 1. The molecular formula is C20H23FN10O8P2S. The van der Waals surface area contributed by atoms with Crippen LogP contribution in [0.2, 0.25) is 0 Å². The predicted octanol–water partition coefficient (Wildman–Crippen LogP) is 0.761. The van der Waals surface area contributed by atoms with E-state index < -0.39 is 63.8 Å². The lowest BCUT2D eigenvalue weighted by Gasteiger charge is -2.45. The Balaban J connectivity index is 1.18. The van der Waals surface area contributed by atoms with Gasteiger partial charge in [0.15, 0.2) is 35.3 Å². The molecular weight excluding hydrogens is 621 g/mol. The van der Waals surface area contributed by atoms with E-state index in [-0.39, 0.29) is 29.4 Å². The van der Waals surface area contributed by atoms with Crippen LogP contribution in [-0.2, 0) is 39.2 Å². The van der Waals surface area contributed by atoms with E-state index in [2.05, 4.69) is 29.9 Å². The Bertz CT molecular complexity index is 1780. The summed E-state index contributed by atoms with van der Waals surface area (Å²) < 4.78 is 59.7. The van der Waals surface area contributed by atoms with Gasteiger partial charge in [-0.05, 0) is 18.2 Å². The van der Waals surface area contributed by atoms with Gasteiger partial charge in [-0.15, -0.1) is 0 Å². The summed E-state index contributed by atoms with van der Waals surface area (Å²) in [5, 5.41) is 0. The van der Waals surface area contributed by atoms with Gasteiger partial charge in [-0.1, -0.05) is 0 Å². The molecule has 9 atom stereocenters. The second-order valence-electron chi connectivity index (χ2n) is 9.91. The number of phosphoric ester groups is 1. The van der Waals surface area contributed by atoms with Gasteiger partial charge in [0.05, 0.1) is 38.0 Å². The molecule has 2 saturated heterocycles. The first kappa shape index (κ1) is 28.0. The van der Waals surface area contributed by atoms with Crippen LogP contribution in [0.5, 0.6) is 0 Å². The molecule has 0 radical (unpaired) electrons. The van der Waals surface area contributed by atoms with Crippen molar-refractivity contribution in [3.63, 3.8) is 0 Å². The summed E-state index contributed by atoms with van der Waals surface area (Å²) in [5.41, 5.74) is 12.9. The van der Waals surface area contributed by atoms with Crippen molar-refractivity contribution in [3.05, 3.63) is 25.3 Å². The second kappa shape index (κ2) is 10.2. The number of alkyl halides is 1. The van der Waals surface area contributed by atoms with Crippen LogP contribution in [0.4, 0.5) is 16.0 Å². The molecule has 3 fully saturated rings. The summed E-state index contributed by atoms with van der Waals surface area (Å²) in [6.07, 6.45) is -1.75. The Labute approximate surface area is 240 Å². The average Bonchev–Trinajstić information content (AvgIpc) is 3.63. The zero-order valence-electron chi connectivity index (χ0n) is 21.2. The maximum atomic E-state index is 15.7. The first-order valence-corrected chi connectivity index (χ1v) is 16.6. The molecule has 2 bridgehead atoms. The third-order valence-electron chi connectivity index (χ3n) is 7.42. The van der Waals surface area contributed by atoms with Crippen molar-refractivity contribution in [1.29, 1.82) is 0 Å². The van der Waals surface area contributed by atoms with E-state index in [1.165, 1.54) is 29.9 Å². The van der Waals surface area contributed by atoms with Crippen molar-refractivity contribution in [3.8, 4) is 0 Å². The van der Waals surface area contributed by atoms with Gasteiger partial charge in [0.25, 0.3) is 0 Å². The molecule has 0 spiro atoms. The normalized spacial score (nSPS) is 37.5. The van der Waals surface area contributed by atoms with Gasteiger partial charge in [0, 0.05) is 5.92 Å². The van der Waals surface area contributed by atoms with Crippen molar-refractivity contribution in [2.45, 2.75) is 43.2 Å². The van der Waals surface area contributed by atoms with Crippen molar-refractivity contribution in [2.75, 3.05) is 24.7 Å². The Hall–Kier alpha value is -2.77. The maximum Gasteiger partial charge on any atom is 0.472 e. The van der Waals surface area contributed by atoms with E-state index in [0.717, 1.165) is 0 Å². The number of fused-ring (bicyclic) bond motifs is 5. The van der Waals surface area contributed by atoms with Crippen LogP contribution in [0.3, 0.4) is 0 Å². The quantitative estimate of drug-likeness (QED) is 0.220. The van der Waals surface area contributed by atoms with E-state index >= 15 is 4.39 Å². The van der Waals surface area contributed by atoms with Crippen LogP contribution in [0.1, 0.15) is 18.7 Å². The van der Waals surface area contributed by atoms with Crippen molar-refractivity contribution in [2.24, 2.45) is 5.92 Å². The van der Waals surface area contributed by atoms with E-state index in [0.29, 0.717) is 17.6 Å². The molecule has 2 aliphatic heterocycles. The van der Waals surface area contributed by atoms with E-state index in [1.807, 2.05) is 0 Å². The Morgan fingerprint density at radius 3 is 2.24 bits per heavy atom. The summed E-state index contributed by atoms with van der Waals surface area (Å²) in [6.45, 7) is -4.93. The van der Waals surface area contributed by atoms with Gasteiger partial charge in [-0.3, -0.25) is 13.6 Å². The molecule has 4 aromatic heterocycles. The number of hydrogen-bond acceptors (Lipinski definition) is 15. The summed E-state index contributed by atoms with van der Waals surface area (Å²) >= 11 is 5.26. The highest BCUT2D eigenvalue weighted by atomic mass is 32.5. The zero-order chi connectivity index (χ0) is 29.4. The molecule has 42 heavy (non-hydrogen) atoms. The average molecular weight is 644 g/mol. The molecule has 224 valence electrons. The third kappa shape index (κ3) is 4.77. The van der Waals surface area contributed by atoms with Gasteiger partial charge < -0.3 is 39.6 Å². The lowest BCUT2D eigenvalue weighted by atomic mass is 9.77. The highest BCUT2D eigenvalue weighted by Gasteiger charge is 2.53. The SMILES string of the molecule is Nc1ncnc2c1ncn2[C@@H]1C[C@@H]2COP(=O)(O)O[C@@H]3[C@H](F)[C@@H](COP(O)(=S)O[C@H]21)O[C@H]3n1cnc2c(N)ncnc21. The fourth-order valence-corrected chi connectivity index (χ4v) is 7.81. The van der Waals surface area contributed by atoms with Crippen molar-refractivity contribution in [1.82, 2.24) is 39.0 Å². The number of anilines is 2. The van der Waals surface area contributed by atoms with Crippen LogP contribution >= 0.6 is 14.5 Å². The van der Waals surface area contributed by atoms with Crippen LogP contribution in [-0.4, -0.2) is 86.5 Å². The molecule has 1 aliphatic carbocycles. The lowest BCUT2D eigenvalue weighted by Crippen LogP contribution is -2.46. The second-order valence-corrected chi connectivity index (χ2v) is 14.1. The highest BCUT2D eigenvalue weighted by Crippen LogP contribution is 2.57. The summed E-state index contributed by atoms with van der Waals surface area (Å²) in [4.78, 5) is 46.1. The molecule has 18 nitrogen and oxygen atoms in total. The van der Waals surface area contributed by atoms with Crippen LogP contribution in [0.15, 0.2) is 25.3 Å². The Morgan fingerprint density at radius 2 is 1.55 bits per heavy atom. The zero-order valence-corrected chi connectivity index (χ0v) is 23.8. The Kier molecular flexibility index (Phi) is 6.78. The molecule has 0 amide bonds. The Morgan fingerprint density at radius 1 is 0.905 bits per heavy atom. The lowest BCUT2D eigenvalue weighted by molar-refractivity contribution is -0.0714. The number of nitrogens with zero attached hydrogens (tertiary/aromatic N) is 8. The molecule has 22 heteroatoms. The number of halogens is 1. The van der Waals surface area contributed by atoms with Gasteiger partial charge in [-0.2, -0.15) is 0 Å². The fraction of sp³-hybridized carbons (Fsp3) is 0.500. The minimum atomic E-state index is -4.88. The van der Waals surface area contributed by atoms with Gasteiger partial charge in [0.1, 0.15) is 35.9 Å². The van der Waals surface area contributed by atoms with E-state index in [4.69, 9.17) is 46.1 Å². The predicted molar refractivity (Wildman–Crippen MR) is 143 cm³/mol. The number of rotatable bonds is 2. The first-order chi connectivity index (χ1) is 20.0. The third-order valence-corrected chi connectivity index (χ3v) is 9.97. The molecule has 0 aromatic carbocycles. The van der Waals surface area contributed by atoms with Gasteiger partial charge in [-0.25, -0.2) is 38.9 Å². The monoisotopic (exact) mass is 644 g/mol. The van der Waals surface area contributed by atoms with Crippen LogP contribution in [0, 0.1) is 5.92 Å². The van der Waals surface area contributed by atoms with Crippen molar-refractivity contribution >= 4 is 60.3 Å². The van der Waals surface area contributed by atoms with E-state index in [9.17, 15) is 14.4 Å². The number of nitrogen functional groups attached to an aromatic ring is 2. The molecule has 6 heterocycles. The van der Waals surface area contributed by atoms with Crippen LogP contribution in [0.25, 0.3) is 22.3 Å². The molecule has 6 N–H and O–H groups in total. The highest BCUT2D eigenvalue weighted by molar-refractivity contribution is 8.07. The first-order valence-electron chi connectivity index (χ1n) is 12.5. The molecule has 2 unspecified atom stereocenters. The molecule has 3 aliphatic rings. The smallest absolute Gasteiger partial charge is 0.382 e. The number of hydrogen-bond donors (Lipinski definition) is 4. The maximum absolute atomic E-state index is 15.7. The molecule has 7 rings (SSSR count). The topological polar surface area (TPSA) is 243 Å². The van der Waals surface area contributed by atoms with E-state index in [1.54, 1.807) is 4.57 Å². The van der Waals surface area contributed by atoms with Crippen molar-refractivity contribution < 1.29 is 41.6 Å². The summed E-state index contributed by atoms with van der Waals surface area (Å²) in [6, 6.07) is -0.477. The number of ether oxygens (including phenoxy) is 1. The molecule has 4 aromatic rings. The largest absolute Gasteiger partial charge is 0.472 e. The van der Waals surface area contributed by atoms with Gasteiger partial charge in [0.2, 0.25) is 0 Å². The van der Waals surface area contributed by atoms with Gasteiger partial charge >= 0.3 is 14.5 Å². The minimum Gasteiger partial charge on any atom is -0.382 e. The molecule has 1 saturated carbocycles. The number of imidazole rings is 2. The minimum absolute atomic E-state index is 0.0651. The number of aromatic nitrogens is 8. The standard InChI is InChI=1S/C20H23FN10O8P2S/c21-11-10-3-36-41(34,42)39-14-8(1-9(14)30-6-28-12-16(22)24-4-26-18(12)30)2-35-40(32,33)38-15(11)20(37-10)31-7-29-13-17(23)25-5-27-19(13)31/h4-11,14-15,20H,1-3H2,(H,32,33)(H,34,42)(H2,22,24,26)(H2,23,25,27)/t8-,9-,10-,11-,14-,15-,20-,41?/m1/s1. The number of nitrogens with two attached hydrogens (primary N) is 2.